The minimum atomic E-state index is -5.19. The summed E-state index contributed by atoms with van der Waals surface area (Å²) in [5.74, 6) is -3.65. The second-order valence-electron chi connectivity index (χ2n) is 9.26. The maximum absolute atomic E-state index is 14.3. The molecule has 0 fully saturated rings. The number of rotatable bonds is 6. The number of nitrogens with two attached hydrogens (primary N) is 1. The van der Waals surface area contributed by atoms with Crippen LogP contribution < -0.4 is 5.73 Å². The smallest absolute Gasteiger partial charge is 0.367 e. The number of aromatic nitrogens is 3. The molecule has 2 aromatic carbocycles. The third kappa shape index (κ3) is 4.75. The Labute approximate surface area is 230 Å². The van der Waals surface area contributed by atoms with Crippen molar-refractivity contribution in [1.82, 2.24) is 20.1 Å². The van der Waals surface area contributed by atoms with Crippen molar-refractivity contribution in [3.63, 3.8) is 0 Å². The van der Waals surface area contributed by atoms with E-state index in [-0.39, 0.29) is 41.9 Å². The molecule has 1 amide bonds. The number of hydrogen-bond acceptors (Lipinski definition) is 6. The second kappa shape index (κ2) is 9.95. The Bertz CT molecular complexity index is 1710. The van der Waals surface area contributed by atoms with Crippen LogP contribution in [0.15, 0.2) is 52.1 Å². The molecular weight excluding hydrogens is 580 g/mol. The lowest BCUT2D eigenvalue weighted by Gasteiger charge is -2.37. The molecule has 8 nitrogen and oxygen atoms in total. The summed E-state index contributed by atoms with van der Waals surface area (Å²) in [6.07, 6.45) is -9.15. The highest BCUT2D eigenvalue weighted by molar-refractivity contribution is 5.87. The molecule has 3 N–H and O–H groups in total. The molecule has 42 heavy (non-hydrogen) atoms. The first-order chi connectivity index (χ1) is 19.7. The Morgan fingerprint density at radius 3 is 2.43 bits per heavy atom. The van der Waals surface area contributed by atoms with E-state index in [4.69, 9.17) is 10.3 Å². The number of halogens is 8. The van der Waals surface area contributed by atoms with Crippen molar-refractivity contribution in [2.24, 2.45) is 10.8 Å². The monoisotopic (exact) mass is 598 g/mol. The lowest BCUT2D eigenvalue weighted by Crippen LogP contribution is -2.52. The number of carbonyl (C=O) groups excluding carboxylic acids is 1. The van der Waals surface area contributed by atoms with Gasteiger partial charge >= 0.3 is 12.4 Å². The maximum Gasteiger partial charge on any atom is 0.417 e. The molecule has 0 spiro atoms. The number of hydrazone groups is 1. The largest absolute Gasteiger partial charge is 0.417 e. The molecule has 1 aliphatic rings. The van der Waals surface area contributed by atoms with Crippen LogP contribution in [0, 0.1) is 11.6 Å². The average Bonchev–Trinajstić information content (AvgIpc) is 3.57. The van der Waals surface area contributed by atoms with Gasteiger partial charge in [-0.1, -0.05) is 24.2 Å². The van der Waals surface area contributed by atoms with Crippen molar-refractivity contribution in [3.05, 3.63) is 82.4 Å². The van der Waals surface area contributed by atoms with Crippen molar-refractivity contribution in [2.75, 3.05) is 0 Å². The molecule has 1 aliphatic heterocycles. The Morgan fingerprint density at radius 2 is 1.79 bits per heavy atom. The van der Waals surface area contributed by atoms with Crippen LogP contribution in [0.3, 0.4) is 0 Å². The van der Waals surface area contributed by atoms with Crippen LogP contribution >= 0.6 is 0 Å². The quantitative estimate of drug-likeness (QED) is 0.265. The first-order valence-electron chi connectivity index (χ1n) is 12.1. The number of primary amides is 1. The number of aromatic amines is 1. The molecule has 1 unspecified atom stereocenters. The maximum atomic E-state index is 14.3. The summed E-state index contributed by atoms with van der Waals surface area (Å²) in [5.41, 5.74) is -0.166. The number of H-pyrrole nitrogens is 1. The predicted molar refractivity (Wildman–Crippen MR) is 130 cm³/mol. The molecule has 0 radical (unpaired) electrons. The van der Waals surface area contributed by atoms with Gasteiger partial charge < -0.3 is 15.2 Å². The summed E-state index contributed by atoms with van der Waals surface area (Å²) < 4.78 is 114. The summed E-state index contributed by atoms with van der Waals surface area (Å²) in [5, 5.41) is 8.97. The van der Waals surface area contributed by atoms with Crippen LogP contribution in [-0.2, 0) is 29.2 Å². The molecule has 0 saturated heterocycles. The number of hydrogen-bond donors (Lipinski definition) is 2. The zero-order valence-electron chi connectivity index (χ0n) is 21.2. The number of nitrogens with one attached hydrogen (secondary N) is 1. The predicted octanol–water partition coefficient (Wildman–Crippen LogP) is 5.99. The number of benzene rings is 2. The fourth-order valence-corrected chi connectivity index (χ4v) is 4.70. The van der Waals surface area contributed by atoms with Gasteiger partial charge in [-0.15, -0.1) is 0 Å². The van der Waals surface area contributed by atoms with Crippen LogP contribution in [0.25, 0.3) is 22.6 Å². The topological polar surface area (TPSA) is 113 Å². The average molecular weight is 598 g/mol. The van der Waals surface area contributed by atoms with E-state index in [1.165, 1.54) is 25.3 Å². The zero-order valence-corrected chi connectivity index (χ0v) is 21.2. The number of nitrogens with zero attached hydrogens (tertiary/aromatic N) is 4. The van der Waals surface area contributed by atoms with E-state index < -0.39 is 57.8 Å². The van der Waals surface area contributed by atoms with Gasteiger partial charge in [-0.25, -0.2) is 13.8 Å². The van der Waals surface area contributed by atoms with E-state index >= 15 is 0 Å². The van der Waals surface area contributed by atoms with E-state index in [0.717, 1.165) is 17.1 Å². The van der Waals surface area contributed by atoms with Crippen LogP contribution in [0.4, 0.5) is 35.1 Å². The number of carbonyl (C=O) groups is 1. The Hall–Kier alpha value is -4.76. The van der Waals surface area contributed by atoms with Gasteiger partial charge in [0, 0.05) is 11.6 Å². The van der Waals surface area contributed by atoms with E-state index in [0.29, 0.717) is 17.8 Å². The zero-order chi connectivity index (χ0) is 30.6. The molecular formula is C26H18F8N6O2. The van der Waals surface area contributed by atoms with Gasteiger partial charge in [-0.05, 0) is 30.7 Å². The summed E-state index contributed by atoms with van der Waals surface area (Å²) in [6, 6.07) is 5.51. The van der Waals surface area contributed by atoms with E-state index in [2.05, 4.69) is 20.2 Å². The van der Waals surface area contributed by atoms with Crippen molar-refractivity contribution < 1.29 is 44.4 Å². The third-order valence-electron chi connectivity index (χ3n) is 6.85. The van der Waals surface area contributed by atoms with Gasteiger partial charge in [0.05, 0.1) is 35.1 Å². The fraction of sp³-hybridized carbons (Fsp3) is 0.231. The first-order valence-corrected chi connectivity index (χ1v) is 12.1. The van der Waals surface area contributed by atoms with E-state index in [1.807, 2.05) is 0 Å². The molecule has 0 bridgehead atoms. The van der Waals surface area contributed by atoms with Crippen LogP contribution in [0.5, 0.6) is 0 Å². The summed E-state index contributed by atoms with van der Waals surface area (Å²) in [6.45, 7) is 1.30. The molecule has 0 aliphatic carbocycles. The van der Waals surface area contributed by atoms with Gasteiger partial charge in [0.15, 0.2) is 22.9 Å². The highest BCUT2D eigenvalue weighted by Crippen LogP contribution is 2.43. The second-order valence-corrected chi connectivity index (χ2v) is 9.26. The molecule has 4 aromatic rings. The Kier molecular flexibility index (Phi) is 6.82. The molecule has 5 rings (SSSR count). The normalized spacial score (nSPS) is 15.0. The Morgan fingerprint density at radius 1 is 1.05 bits per heavy atom. The fourth-order valence-electron chi connectivity index (χ4n) is 4.70. The lowest BCUT2D eigenvalue weighted by molar-refractivity contribution is -0.142. The summed E-state index contributed by atoms with van der Waals surface area (Å²) in [4.78, 5) is 19.9. The van der Waals surface area contributed by atoms with Gasteiger partial charge in [0.2, 0.25) is 0 Å². The van der Waals surface area contributed by atoms with Crippen molar-refractivity contribution in [1.29, 1.82) is 0 Å². The minimum Gasteiger partial charge on any atom is -0.367 e. The third-order valence-corrected chi connectivity index (χ3v) is 6.85. The van der Waals surface area contributed by atoms with Crippen molar-refractivity contribution >= 4 is 12.1 Å². The molecule has 0 saturated carbocycles. The number of alkyl halides is 6. The van der Waals surface area contributed by atoms with Gasteiger partial charge in [0.25, 0.3) is 5.91 Å². The summed E-state index contributed by atoms with van der Waals surface area (Å²) >= 11 is 0. The van der Waals surface area contributed by atoms with Crippen molar-refractivity contribution in [3.8, 4) is 22.6 Å². The Balaban J connectivity index is 1.54. The van der Waals surface area contributed by atoms with E-state index in [1.54, 1.807) is 0 Å². The lowest BCUT2D eigenvalue weighted by atomic mass is 9.89. The van der Waals surface area contributed by atoms with Gasteiger partial charge in [0.1, 0.15) is 17.2 Å². The number of imidazole rings is 1. The van der Waals surface area contributed by atoms with Gasteiger partial charge in [-0.2, -0.15) is 31.4 Å². The van der Waals surface area contributed by atoms with E-state index in [9.17, 15) is 39.9 Å². The van der Waals surface area contributed by atoms with Gasteiger partial charge in [-0.3, -0.25) is 9.80 Å². The summed E-state index contributed by atoms with van der Waals surface area (Å²) in [7, 11) is 0. The minimum absolute atomic E-state index is 0.0320. The standard InChI is InChI=1S/C26H18F8N6O2/c1-2-24(23(35)41,40-11-19-18(10-36-40)37-22(38-19)14-4-3-5-16(27)21(14)28)20-9-17(39-42-20)13-7-6-12(25(29,30)31)8-15(13)26(32,33)34/h3-10H,2,11H2,1H3,(H2,35,41)(H,37,38). The molecule has 220 valence electrons. The number of fused-ring (bicyclic) bond motifs is 1. The van der Waals surface area contributed by atoms with Crippen LogP contribution in [0.2, 0.25) is 0 Å². The molecule has 16 heteroatoms. The first kappa shape index (κ1) is 28.8. The molecule has 2 aromatic heterocycles. The molecule has 1 atom stereocenters. The highest BCUT2D eigenvalue weighted by Gasteiger charge is 2.48. The highest BCUT2D eigenvalue weighted by atomic mass is 19.4. The van der Waals surface area contributed by atoms with Crippen molar-refractivity contribution in [2.45, 2.75) is 37.8 Å². The van der Waals surface area contributed by atoms with Crippen LogP contribution in [-0.4, -0.2) is 32.3 Å². The SMILES string of the molecule is CCC(C(N)=O)(c1cc(-c2ccc(C(F)(F)F)cc2C(F)(F)F)no1)N1Cc2[nH]c(-c3cccc(F)c3F)nc2C=N1. The molecule has 3 heterocycles. The van der Waals surface area contributed by atoms with Crippen LogP contribution in [0.1, 0.15) is 41.6 Å². The number of amides is 1.